The van der Waals surface area contributed by atoms with Crippen molar-refractivity contribution in [3.63, 3.8) is 0 Å². The number of ether oxygens (including phenoxy) is 1. The van der Waals surface area contributed by atoms with Crippen LogP contribution in [0.5, 0.6) is 0 Å². The predicted molar refractivity (Wildman–Crippen MR) is 65.5 cm³/mol. The highest BCUT2D eigenvalue weighted by molar-refractivity contribution is 5.67. The fourth-order valence-corrected chi connectivity index (χ4v) is 1.41. The van der Waals surface area contributed by atoms with E-state index >= 15 is 0 Å². The van der Waals surface area contributed by atoms with Crippen molar-refractivity contribution in [2.75, 3.05) is 6.54 Å². The second-order valence-corrected chi connectivity index (χ2v) is 3.89. The number of carbonyl (C=O) groups excluding carboxylic acids is 1. The molecule has 94 valence electrons. The lowest BCUT2D eigenvalue weighted by Gasteiger charge is -2.11. The smallest absolute Gasteiger partial charge is 0.407 e. The lowest BCUT2D eigenvalue weighted by Crippen LogP contribution is -2.32. The van der Waals surface area contributed by atoms with Crippen LogP contribution in [-0.2, 0) is 11.3 Å². The molecular weight excluding hydrogens is 218 g/mol. The maximum absolute atomic E-state index is 11.3. The van der Waals surface area contributed by atoms with Crippen LogP contribution in [0, 0.1) is 0 Å². The number of hydrogen-bond donors (Lipinski definition) is 2. The van der Waals surface area contributed by atoms with Gasteiger partial charge in [0, 0.05) is 6.54 Å². The van der Waals surface area contributed by atoms with E-state index in [0.29, 0.717) is 6.42 Å². The number of carbonyl (C=O) groups is 1. The second kappa shape index (κ2) is 7.68. The van der Waals surface area contributed by atoms with Crippen molar-refractivity contribution in [2.24, 2.45) is 0 Å². The van der Waals surface area contributed by atoms with Crippen LogP contribution < -0.4 is 5.32 Å². The first-order valence-corrected chi connectivity index (χ1v) is 5.85. The lowest BCUT2D eigenvalue weighted by atomic mass is 10.2. The van der Waals surface area contributed by atoms with Gasteiger partial charge in [-0.3, -0.25) is 0 Å². The van der Waals surface area contributed by atoms with Gasteiger partial charge in [-0.25, -0.2) is 4.79 Å². The van der Waals surface area contributed by atoms with E-state index in [0.717, 1.165) is 12.0 Å². The van der Waals surface area contributed by atoms with Gasteiger partial charge in [0.2, 0.25) is 0 Å². The number of rotatable bonds is 6. The highest BCUT2D eigenvalue weighted by Gasteiger charge is 2.06. The van der Waals surface area contributed by atoms with E-state index in [9.17, 15) is 9.90 Å². The van der Waals surface area contributed by atoms with E-state index < -0.39 is 12.2 Å². The molecule has 0 spiro atoms. The molecule has 4 nitrogen and oxygen atoms in total. The minimum Gasteiger partial charge on any atom is -0.445 e. The SMILES string of the molecule is CCC[C@@H](O)CNC(=O)OCc1ccccc1. The zero-order valence-corrected chi connectivity index (χ0v) is 10.1. The summed E-state index contributed by atoms with van der Waals surface area (Å²) in [6.45, 7) is 2.47. The Balaban J connectivity index is 2.17. The van der Waals surface area contributed by atoms with Gasteiger partial charge in [-0.05, 0) is 12.0 Å². The van der Waals surface area contributed by atoms with Crippen LogP contribution in [0.25, 0.3) is 0 Å². The molecule has 4 heteroatoms. The first-order valence-electron chi connectivity index (χ1n) is 5.85. The van der Waals surface area contributed by atoms with Gasteiger partial charge < -0.3 is 15.2 Å². The Hall–Kier alpha value is -1.55. The first kappa shape index (κ1) is 13.5. The summed E-state index contributed by atoms with van der Waals surface area (Å²) in [5.41, 5.74) is 0.941. The topological polar surface area (TPSA) is 58.6 Å². The summed E-state index contributed by atoms with van der Waals surface area (Å²) < 4.78 is 5.00. The van der Waals surface area contributed by atoms with Crippen LogP contribution >= 0.6 is 0 Å². The molecule has 0 aliphatic rings. The Morgan fingerprint density at radius 3 is 2.76 bits per heavy atom. The number of aliphatic hydroxyl groups excluding tert-OH is 1. The second-order valence-electron chi connectivity index (χ2n) is 3.89. The molecule has 1 atom stereocenters. The van der Waals surface area contributed by atoms with Crippen molar-refractivity contribution in [3.05, 3.63) is 35.9 Å². The summed E-state index contributed by atoms with van der Waals surface area (Å²) in [5, 5.41) is 11.9. The minimum absolute atomic E-state index is 0.238. The summed E-state index contributed by atoms with van der Waals surface area (Å²) in [5.74, 6) is 0. The van der Waals surface area contributed by atoms with Gasteiger partial charge in [-0.1, -0.05) is 43.7 Å². The minimum atomic E-state index is -0.496. The first-order chi connectivity index (χ1) is 8.22. The normalized spacial score (nSPS) is 11.9. The number of amides is 1. The third kappa shape index (κ3) is 5.92. The van der Waals surface area contributed by atoms with E-state index in [1.165, 1.54) is 0 Å². The maximum atomic E-state index is 11.3. The highest BCUT2D eigenvalue weighted by atomic mass is 16.5. The Morgan fingerprint density at radius 1 is 1.41 bits per heavy atom. The van der Waals surface area contributed by atoms with E-state index in [1.54, 1.807) is 0 Å². The zero-order valence-electron chi connectivity index (χ0n) is 10.1. The standard InChI is InChI=1S/C13H19NO3/c1-2-6-12(15)9-14-13(16)17-10-11-7-4-3-5-8-11/h3-5,7-8,12,15H,2,6,9-10H2,1H3,(H,14,16)/t12-/m1/s1. The van der Waals surface area contributed by atoms with Crippen molar-refractivity contribution in [1.82, 2.24) is 5.32 Å². The summed E-state index contributed by atoms with van der Waals surface area (Å²) in [7, 11) is 0. The average Bonchev–Trinajstić information content (AvgIpc) is 2.35. The molecule has 0 aliphatic heterocycles. The van der Waals surface area contributed by atoms with Crippen molar-refractivity contribution in [2.45, 2.75) is 32.5 Å². The maximum Gasteiger partial charge on any atom is 0.407 e. The van der Waals surface area contributed by atoms with E-state index in [4.69, 9.17) is 4.74 Å². The molecule has 2 N–H and O–H groups in total. The fourth-order valence-electron chi connectivity index (χ4n) is 1.41. The van der Waals surface area contributed by atoms with Gasteiger partial charge in [0.25, 0.3) is 0 Å². The van der Waals surface area contributed by atoms with E-state index in [2.05, 4.69) is 5.32 Å². The predicted octanol–water partition coefficient (Wildman–Crippen LogP) is 2.07. The number of aliphatic hydroxyl groups is 1. The highest BCUT2D eigenvalue weighted by Crippen LogP contribution is 2.00. The number of alkyl carbamates (subject to hydrolysis) is 1. The van der Waals surface area contributed by atoms with Crippen molar-refractivity contribution < 1.29 is 14.6 Å². The Labute approximate surface area is 102 Å². The molecule has 0 radical (unpaired) electrons. The quantitative estimate of drug-likeness (QED) is 0.796. The van der Waals surface area contributed by atoms with Crippen LogP contribution in [0.3, 0.4) is 0 Å². The lowest BCUT2D eigenvalue weighted by molar-refractivity contribution is 0.123. The molecule has 1 rings (SSSR count). The molecule has 1 aromatic rings. The van der Waals surface area contributed by atoms with Crippen LogP contribution in [0.15, 0.2) is 30.3 Å². The van der Waals surface area contributed by atoms with Gasteiger partial charge in [0.05, 0.1) is 6.10 Å². The molecular formula is C13H19NO3. The molecule has 17 heavy (non-hydrogen) atoms. The summed E-state index contributed by atoms with van der Waals surface area (Å²) >= 11 is 0. The number of hydrogen-bond acceptors (Lipinski definition) is 3. The van der Waals surface area contributed by atoms with E-state index in [1.807, 2.05) is 37.3 Å². The molecule has 0 saturated heterocycles. The Kier molecular flexibility index (Phi) is 6.10. The number of nitrogens with one attached hydrogen (secondary N) is 1. The largest absolute Gasteiger partial charge is 0.445 e. The molecule has 0 fully saturated rings. The fraction of sp³-hybridized carbons (Fsp3) is 0.462. The monoisotopic (exact) mass is 237 g/mol. The summed E-state index contributed by atoms with van der Waals surface area (Å²) in [6.07, 6.45) is 0.578. The summed E-state index contributed by atoms with van der Waals surface area (Å²) in [4.78, 5) is 11.3. The van der Waals surface area contributed by atoms with Gasteiger partial charge in [-0.2, -0.15) is 0 Å². The van der Waals surface area contributed by atoms with Crippen LogP contribution in [0.1, 0.15) is 25.3 Å². The van der Waals surface area contributed by atoms with Crippen molar-refractivity contribution in [3.8, 4) is 0 Å². The molecule has 0 aromatic heterocycles. The van der Waals surface area contributed by atoms with Crippen LogP contribution in [0.2, 0.25) is 0 Å². The van der Waals surface area contributed by atoms with Gasteiger partial charge in [-0.15, -0.1) is 0 Å². The van der Waals surface area contributed by atoms with Crippen molar-refractivity contribution in [1.29, 1.82) is 0 Å². The molecule has 0 saturated carbocycles. The van der Waals surface area contributed by atoms with Gasteiger partial charge >= 0.3 is 6.09 Å². The third-order valence-corrected chi connectivity index (χ3v) is 2.32. The third-order valence-electron chi connectivity index (χ3n) is 2.32. The molecule has 1 amide bonds. The van der Waals surface area contributed by atoms with E-state index in [-0.39, 0.29) is 13.2 Å². The average molecular weight is 237 g/mol. The van der Waals surface area contributed by atoms with Gasteiger partial charge in [0.1, 0.15) is 6.61 Å². The van der Waals surface area contributed by atoms with Crippen molar-refractivity contribution >= 4 is 6.09 Å². The zero-order chi connectivity index (χ0) is 12.5. The molecule has 0 bridgehead atoms. The Morgan fingerprint density at radius 2 is 2.12 bits per heavy atom. The van der Waals surface area contributed by atoms with Crippen LogP contribution in [-0.4, -0.2) is 23.8 Å². The molecule has 1 aromatic carbocycles. The molecule has 0 heterocycles. The number of benzene rings is 1. The summed E-state index contributed by atoms with van der Waals surface area (Å²) in [6, 6.07) is 9.46. The molecule has 0 unspecified atom stereocenters. The van der Waals surface area contributed by atoms with Gasteiger partial charge in [0.15, 0.2) is 0 Å². The van der Waals surface area contributed by atoms with Crippen LogP contribution in [0.4, 0.5) is 4.79 Å². The molecule has 0 aliphatic carbocycles. The Bertz CT molecular complexity index is 327.